The zero-order valence-corrected chi connectivity index (χ0v) is 10.2. The van der Waals surface area contributed by atoms with E-state index in [2.05, 4.69) is 27.5 Å². The Bertz CT molecular complexity index is 322. The van der Waals surface area contributed by atoms with Crippen LogP contribution in [-0.2, 0) is 13.1 Å². The summed E-state index contributed by atoms with van der Waals surface area (Å²) in [5.41, 5.74) is 1.01. The van der Waals surface area contributed by atoms with Gasteiger partial charge in [-0.05, 0) is 25.9 Å². The van der Waals surface area contributed by atoms with Crippen molar-refractivity contribution in [3.63, 3.8) is 0 Å². The third-order valence-electron chi connectivity index (χ3n) is 3.10. The van der Waals surface area contributed by atoms with Crippen LogP contribution in [0, 0.1) is 5.92 Å². The average Bonchev–Trinajstić information content (AvgIpc) is 2.85. The minimum absolute atomic E-state index is 0.792. The maximum absolute atomic E-state index is 4.11. The molecule has 5 nitrogen and oxygen atoms in total. The molecule has 0 spiro atoms. The summed E-state index contributed by atoms with van der Waals surface area (Å²) < 4.78 is 1.94. The van der Waals surface area contributed by atoms with Crippen molar-refractivity contribution in [2.24, 2.45) is 5.92 Å². The van der Waals surface area contributed by atoms with E-state index in [0.717, 1.165) is 31.2 Å². The molecular weight excluding hydrogens is 202 g/mol. The van der Waals surface area contributed by atoms with E-state index < -0.39 is 0 Å². The smallest absolute Gasteiger partial charge is 0.0964 e. The summed E-state index contributed by atoms with van der Waals surface area (Å²) >= 11 is 0. The number of hydrogen-bond acceptors (Lipinski definition) is 4. The molecule has 5 heteroatoms. The Morgan fingerprint density at radius 2 is 2.38 bits per heavy atom. The molecule has 16 heavy (non-hydrogen) atoms. The van der Waals surface area contributed by atoms with Crippen LogP contribution in [0.15, 0.2) is 6.20 Å². The third-order valence-corrected chi connectivity index (χ3v) is 3.10. The summed E-state index contributed by atoms with van der Waals surface area (Å²) in [7, 11) is 1.92. The van der Waals surface area contributed by atoms with Gasteiger partial charge in [-0.2, -0.15) is 0 Å². The molecule has 1 aliphatic rings. The number of hydrogen-bond donors (Lipinski definition) is 1. The highest BCUT2D eigenvalue weighted by molar-refractivity contribution is 4.91. The lowest BCUT2D eigenvalue weighted by atomic mass is 10.2. The van der Waals surface area contributed by atoms with E-state index in [0.29, 0.717) is 0 Å². The van der Waals surface area contributed by atoms with Gasteiger partial charge in [0.15, 0.2) is 0 Å². The van der Waals surface area contributed by atoms with E-state index in [1.54, 1.807) is 0 Å². The highest BCUT2D eigenvalue weighted by Gasteiger charge is 2.17. The highest BCUT2D eigenvalue weighted by Crippen LogP contribution is 2.14. The zero-order chi connectivity index (χ0) is 11.4. The second kappa shape index (κ2) is 5.41. The second-order valence-corrected chi connectivity index (χ2v) is 4.70. The molecule has 2 heterocycles. The van der Waals surface area contributed by atoms with Crippen LogP contribution in [0.2, 0.25) is 0 Å². The Morgan fingerprint density at radius 3 is 3.06 bits per heavy atom. The first-order valence-corrected chi connectivity index (χ1v) is 6.04. The van der Waals surface area contributed by atoms with Crippen molar-refractivity contribution in [2.75, 3.05) is 26.7 Å². The molecule has 90 valence electrons. The normalized spacial score (nSPS) is 21.8. The molecule has 1 aromatic rings. The molecule has 1 atom stereocenters. The van der Waals surface area contributed by atoms with E-state index >= 15 is 0 Å². The highest BCUT2D eigenvalue weighted by atomic mass is 15.4. The molecule has 0 bridgehead atoms. The van der Waals surface area contributed by atoms with E-state index in [-0.39, 0.29) is 0 Å². The van der Waals surface area contributed by atoms with Crippen molar-refractivity contribution in [2.45, 2.75) is 26.4 Å². The topological polar surface area (TPSA) is 46.0 Å². The fourth-order valence-corrected chi connectivity index (χ4v) is 2.18. The van der Waals surface area contributed by atoms with Crippen LogP contribution < -0.4 is 5.32 Å². The first-order valence-electron chi connectivity index (χ1n) is 6.04. The van der Waals surface area contributed by atoms with Crippen molar-refractivity contribution >= 4 is 0 Å². The molecule has 0 radical (unpaired) electrons. The number of likely N-dealkylation sites (tertiary alicyclic amines) is 1. The van der Waals surface area contributed by atoms with Gasteiger partial charge in [-0.3, -0.25) is 4.68 Å². The summed E-state index contributed by atoms with van der Waals surface area (Å²) in [5.74, 6) is 0.857. The molecule has 0 amide bonds. The van der Waals surface area contributed by atoms with Gasteiger partial charge in [0.25, 0.3) is 0 Å². The lowest BCUT2D eigenvalue weighted by Crippen LogP contribution is -2.25. The van der Waals surface area contributed by atoms with E-state index in [9.17, 15) is 0 Å². The van der Waals surface area contributed by atoms with E-state index in [1.165, 1.54) is 19.5 Å². The maximum Gasteiger partial charge on any atom is 0.0964 e. The summed E-state index contributed by atoms with van der Waals surface area (Å²) in [6, 6.07) is 0. The zero-order valence-electron chi connectivity index (χ0n) is 10.2. The molecule has 0 saturated carbocycles. The van der Waals surface area contributed by atoms with E-state index in [4.69, 9.17) is 0 Å². The molecule has 1 aromatic heterocycles. The van der Waals surface area contributed by atoms with Crippen molar-refractivity contribution in [1.29, 1.82) is 0 Å². The predicted molar refractivity (Wildman–Crippen MR) is 63.0 cm³/mol. The SMILES string of the molecule is CNCc1cn(CCN2CCC(C)C2)nn1. The lowest BCUT2D eigenvalue weighted by molar-refractivity contribution is 0.305. The Labute approximate surface area is 96.8 Å². The Hall–Kier alpha value is -0.940. The van der Waals surface area contributed by atoms with Gasteiger partial charge in [-0.15, -0.1) is 5.10 Å². The van der Waals surface area contributed by atoms with Crippen LogP contribution in [0.4, 0.5) is 0 Å². The minimum atomic E-state index is 0.792. The molecule has 2 rings (SSSR count). The van der Waals surface area contributed by atoms with Gasteiger partial charge < -0.3 is 10.2 Å². The number of aromatic nitrogens is 3. The Kier molecular flexibility index (Phi) is 3.90. The van der Waals surface area contributed by atoms with Gasteiger partial charge >= 0.3 is 0 Å². The monoisotopic (exact) mass is 223 g/mol. The summed E-state index contributed by atoms with van der Waals surface area (Å²) in [5, 5.41) is 11.3. The fraction of sp³-hybridized carbons (Fsp3) is 0.818. The van der Waals surface area contributed by atoms with Crippen molar-refractivity contribution < 1.29 is 0 Å². The maximum atomic E-state index is 4.11. The van der Waals surface area contributed by atoms with Gasteiger partial charge in [0.05, 0.1) is 12.2 Å². The van der Waals surface area contributed by atoms with Crippen molar-refractivity contribution in [1.82, 2.24) is 25.2 Å². The van der Waals surface area contributed by atoms with Crippen LogP contribution in [0.3, 0.4) is 0 Å². The average molecular weight is 223 g/mol. The fourth-order valence-electron chi connectivity index (χ4n) is 2.18. The number of nitrogens with one attached hydrogen (secondary N) is 1. The van der Waals surface area contributed by atoms with Crippen molar-refractivity contribution in [3.05, 3.63) is 11.9 Å². The van der Waals surface area contributed by atoms with Crippen LogP contribution in [-0.4, -0.2) is 46.6 Å². The number of nitrogens with zero attached hydrogens (tertiary/aromatic N) is 4. The molecule has 1 unspecified atom stereocenters. The van der Waals surface area contributed by atoms with Gasteiger partial charge in [0.1, 0.15) is 0 Å². The van der Waals surface area contributed by atoms with Crippen LogP contribution in [0.5, 0.6) is 0 Å². The standard InChI is InChI=1S/C11H21N5/c1-10-3-4-15(8-10)5-6-16-9-11(7-12-2)13-14-16/h9-10,12H,3-8H2,1-2H3. The lowest BCUT2D eigenvalue weighted by Gasteiger charge is -2.14. The quantitative estimate of drug-likeness (QED) is 0.782. The first kappa shape index (κ1) is 11.5. The molecule has 1 fully saturated rings. The van der Waals surface area contributed by atoms with Gasteiger partial charge in [0, 0.05) is 25.8 Å². The predicted octanol–water partition coefficient (Wildman–Crippen LogP) is 0.339. The largest absolute Gasteiger partial charge is 0.314 e. The summed E-state index contributed by atoms with van der Waals surface area (Å²) in [6.07, 6.45) is 3.36. The van der Waals surface area contributed by atoms with E-state index in [1.807, 2.05) is 17.9 Å². The molecule has 1 aliphatic heterocycles. The van der Waals surface area contributed by atoms with Crippen LogP contribution >= 0.6 is 0 Å². The summed E-state index contributed by atoms with van der Waals surface area (Å²) in [6.45, 7) is 7.62. The van der Waals surface area contributed by atoms with Crippen LogP contribution in [0.25, 0.3) is 0 Å². The Morgan fingerprint density at radius 1 is 1.50 bits per heavy atom. The van der Waals surface area contributed by atoms with Crippen LogP contribution in [0.1, 0.15) is 19.0 Å². The molecule has 1 saturated heterocycles. The second-order valence-electron chi connectivity index (χ2n) is 4.70. The van der Waals surface area contributed by atoms with Gasteiger partial charge in [-0.1, -0.05) is 12.1 Å². The summed E-state index contributed by atoms with van der Waals surface area (Å²) in [4.78, 5) is 2.50. The first-order chi connectivity index (χ1) is 7.78. The molecule has 0 aromatic carbocycles. The van der Waals surface area contributed by atoms with Gasteiger partial charge in [0.2, 0.25) is 0 Å². The minimum Gasteiger partial charge on any atom is -0.314 e. The number of rotatable bonds is 5. The molecular formula is C11H21N5. The van der Waals surface area contributed by atoms with Crippen molar-refractivity contribution in [3.8, 4) is 0 Å². The molecule has 0 aliphatic carbocycles. The molecule has 1 N–H and O–H groups in total. The third kappa shape index (κ3) is 3.02. The Balaban J connectivity index is 1.76. The van der Waals surface area contributed by atoms with Gasteiger partial charge in [-0.25, -0.2) is 0 Å².